The Morgan fingerprint density at radius 1 is 1.23 bits per heavy atom. The van der Waals surface area contributed by atoms with Crippen molar-refractivity contribution in [3.05, 3.63) is 58.3 Å². The fraction of sp³-hybridized carbons (Fsp3) is 0.348. The lowest BCUT2D eigenvalue weighted by Crippen LogP contribution is -2.41. The number of carbonyl (C=O) groups is 1. The first-order chi connectivity index (χ1) is 14.9. The summed E-state index contributed by atoms with van der Waals surface area (Å²) in [6.07, 6.45) is 2.30. The fourth-order valence-corrected chi connectivity index (χ4v) is 6.25. The number of allylic oxidation sites excluding steroid dienone is 1. The van der Waals surface area contributed by atoms with Gasteiger partial charge < -0.3 is 14.2 Å². The third kappa shape index (κ3) is 3.49. The second kappa shape index (κ2) is 7.39. The molecule has 1 atom stereocenters. The summed E-state index contributed by atoms with van der Waals surface area (Å²) in [7, 11) is -1.40. The third-order valence-electron chi connectivity index (χ3n) is 6.11. The van der Waals surface area contributed by atoms with Crippen LogP contribution in [0.15, 0.2) is 36.1 Å². The molecular weight excluding hydrogens is 418 g/mol. The van der Waals surface area contributed by atoms with Gasteiger partial charge in [0.05, 0.1) is 24.2 Å². The molecule has 5 rings (SSSR count). The van der Waals surface area contributed by atoms with Crippen LogP contribution in [-0.4, -0.2) is 50.5 Å². The third-order valence-corrected chi connectivity index (χ3v) is 7.87. The molecule has 0 bridgehead atoms. The largest absolute Gasteiger partial charge is 0.496 e. The molecule has 0 saturated carbocycles. The molecule has 3 aliphatic rings. The van der Waals surface area contributed by atoms with Crippen LogP contribution in [0.25, 0.3) is 6.08 Å². The van der Waals surface area contributed by atoms with Gasteiger partial charge in [-0.3, -0.25) is 9.69 Å². The van der Waals surface area contributed by atoms with E-state index >= 15 is 0 Å². The minimum atomic E-state index is -2.98. The van der Waals surface area contributed by atoms with E-state index in [4.69, 9.17) is 14.2 Å². The summed E-state index contributed by atoms with van der Waals surface area (Å²) >= 11 is 0. The van der Waals surface area contributed by atoms with Crippen LogP contribution in [0.5, 0.6) is 17.2 Å². The van der Waals surface area contributed by atoms with Gasteiger partial charge in [0, 0.05) is 29.3 Å². The van der Waals surface area contributed by atoms with Crippen molar-refractivity contribution in [1.82, 2.24) is 4.90 Å². The average molecular weight is 442 g/mol. The summed E-state index contributed by atoms with van der Waals surface area (Å²) in [4.78, 5) is 15.1. The first kappa shape index (κ1) is 20.1. The van der Waals surface area contributed by atoms with Crippen molar-refractivity contribution in [2.45, 2.75) is 25.9 Å². The number of hydrogen-bond donors (Lipinski definition) is 0. The highest BCUT2D eigenvalue weighted by atomic mass is 32.2. The van der Waals surface area contributed by atoms with E-state index in [1.807, 2.05) is 42.2 Å². The number of ether oxygens (including phenoxy) is 3. The second-order valence-corrected chi connectivity index (χ2v) is 10.4. The number of Topliss-reactive ketones (excluding diaryl/α,β-unsaturated/α-hetero) is 1. The number of sulfone groups is 1. The van der Waals surface area contributed by atoms with Gasteiger partial charge in [0.25, 0.3) is 0 Å². The number of ketones is 1. The van der Waals surface area contributed by atoms with Crippen molar-refractivity contribution in [2.75, 3.05) is 25.3 Å². The van der Waals surface area contributed by atoms with E-state index in [0.717, 1.165) is 16.7 Å². The van der Waals surface area contributed by atoms with Crippen LogP contribution < -0.4 is 14.2 Å². The number of carbonyl (C=O) groups excluding carboxylic acids is 1. The molecule has 8 heteroatoms. The van der Waals surface area contributed by atoms with Crippen molar-refractivity contribution in [1.29, 1.82) is 0 Å². The molecule has 3 heterocycles. The Bertz CT molecular complexity index is 1220. The summed E-state index contributed by atoms with van der Waals surface area (Å²) in [6, 6.07) is 9.19. The Morgan fingerprint density at radius 3 is 2.77 bits per heavy atom. The Kier molecular flexibility index (Phi) is 4.79. The van der Waals surface area contributed by atoms with Gasteiger partial charge >= 0.3 is 0 Å². The minimum absolute atomic E-state index is 0.0559. The summed E-state index contributed by atoms with van der Waals surface area (Å²) in [5.74, 6) is 2.31. The van der Waals surface area contributed by atoms with E-state index < -0.39 is 9.84 Å². The van der Waals surface area contributed by atoms with E-state index in [1.165, 1.54) is 0 Å². The van der Waals surface area contributed by atoms with Gasteiger partial charge in [-0.25, -0.2) is 8.42 Å². The topological polar surface area (TPSA) is 82.1 Å². The summed E-state index contributed by atoms with van der Waals surface area (Å²) < 4.78 is 41.1. The molecule has 162 valence electrons. The Balaban J connectivity index is 1.46. The highest BCUT2D eigenvalue weighted by Crippen LogP contribution is 2.44. The first-order valence-electron chi connectivity index (χ1n) is 10.2. The van der Waals surface area contributed by atoms with Gasteiger partial charge in [-0.15, -0.1) is 0 Å². The smallest absolute Gasteiger partial charge is 0.231 e. The molecule has 3 aliphatic heterocycles. The van der Waals surface area contributed by atoms with Crippen molar-refractivity contribution in [3.8, 4) is 17.2 Å². The maximum atomic E-state index is 13.1. The SMILES string of the molecule is COc1ccccc1/C=C1\Oc2c(cc3c(c2C)OCN([C@H]2CCS(=O)(=O)C2)C3)C1=O. The van der Waals surface area contributed by atoms with E-state index in [0.29, 0.717) is 42.5 Å². The van der Waals surface area contributed by atoms with E-state index in [2.05, 4.69) is 0 Å². The summed E-state index contributed by atoms with van der Waals surface area (Å²) in [5.41, 5.74) is 2.92. The highest BCUT2D eigenvalue weighted by Gasteiger charge is 2.37. The predicted molar refractivity (Wildman–Crippen MR) is 115 cm³/mol. The van der Waals surface area contributed by atoms with Crippen LogP contribution in [0.1, 0.15) is 33.5 Å². The molecule has 0 aromatic heterocycles. The quantitative estimate of drug-likeness (QED) is 0.678. The van der Waals surface area contributed by atoms with E-state index in [-0.39, 0.29) is 29.1 Å². The highest BCUT2D eigenvalue weighted by molar-refractivity contribution is 7.91. The van der Waals surface area contributed by atoms with Crippen LogP contribution in [0.4, 0.5) is 0 Å². The first-order valence-corrected chi connectivity index (χ1v) is 12.0. The minimum Gasteiger partial charge on any atom is -0.496 e. The lowest BCUT2D eigenvalue weighted by Gasteiger charge is -2.33. The lowest BCUT2D eigenvalue weighted by atomic mass is 9.99. The van der Waals surface area contributed by atoms with Gasteiger partial charge in [-0.1, -0.05) is 18.2 Å². The van der Waals surface area contributed by atoms with Crippen LogP contribution in [0.2, 0.25) is 0 Å². The van der Waals surface area contributed by atoms with Crippen molar-refractivity contribution < 1.29 is 27.4 Å². The average Bonchev–Trinajstić information content (AvgIpc) is 3.28. The van der Waals surface area contributed by atoms with Crippen molar-refractivity contribution in [2.24, 2.45) is 0 Å². The normalized spacial score (nSPS) is 23.2. The fourth-order valence-electron chi connectivity index (χ4n) is 4.49. The number of para-hydroxylation sites is 1. The standard InChI is InChI=1S/C23H23NO6S/c1-14-22-16(11-24(13-29-22)17-7-8-31(26,27)12-17)9-18-21(25)20(30-23(14)18)10-15-5-3-4-6-19(15)28-2/h3-6,9-10,17H,7-8,11-13H2,1-2H3/b20-10-/t17-/m0/s1. The maximum absolute atomic E-state index is 13.1. The van der Waals surface area contributed by atoms with Crippen LogP contribution in [0.3, 0.4) is 0 Å². The van der Waals surface area contributed by atoms with Crippen LogP contribution in [-0.2, 0) is 16.4 Å². The zero-order chi connectivity index (χ0) is 21.8. The molecule has 0 N–H and O–H groups in total. The summed E-state index contributed by atoms with van der Waals surface area (Å²) in [5, 5.41) is 0. The van der Waals surface area contributed by atoms with Crippen molar-refractivity contribution in [3.63, 3.8) is 0 Å². The molecule has 0 unspecified atom stereocenters. The molecule has 0 amide bonds. The number of hydrogen-bond acceptors (Lipinski definition) is 7. The van der Waals surface area contributed by atoms with Crippen LogP contribution >= 0.6 is 0 Å². The molecule has 1 saturated heterocycles. The van der Waals surface area contributed by atoms with E-state index in [1.54, 1.807) is 13.2 Å². The van der Waals surface area contributed by atoms with Gasteiger partial charge in [-0.05, 0) is 31.6 Å². The Hall–Kier alpha value is -2.84. The molecule has 7 nitrogen and oxygen atoms in total. The van der Waals surface area contributed by atoms with Crippen LogP contribution in [0, 0.1) is 6.92 Å². The number of fused-ring (bicyclic) bond motifs is 2. The van der Waals surface area contributed by atoms with Gasteiger partial charge in [0.1, 0.15) is 24.0 Å². The lowest BCUT2D eigenvalue weighted by molar-refractivity contribution is 0.0637. The molecular formula is C23H23NO6S. The molecule has 0 aliphatic carbocycles. The maximum Gasteiger partial charge on any atom is 0.231 e. The number of rotatable bonds is 3. The van der Waals surface area contributed by atoms with E-state index in [9.17, 15) is 13.2 Å². The monoisotopic (exact) mass is 441 g/mol. The molecule has 31 heavy (non-hydrogen) atoms. The molecule has 0 radical (unpaired) electrons. The molecule has 1 fully saturated rings. The molecule has 2 aromatic carbocycles. The predicted octanol–water partition coefficient (Wildman–Crippen LogP) is 2.96. The van der Waals surface area contributed by atoms with Gasteiger partial charge in [0.2, 0.25) is 5.78 Å². The van der Waals surface area contributed by atoms with Gasteiger partial charge in [0.15, 0.2) is 15.6 Å². The number of benzene rings is 2. The van der Waals surface area contributed by atoms with Crippen molar-refractivity contribution >= 4 is 21.7 Å². The van der Waals surface area contributed by atoms with Gasteiger partial charge in [-0.2, -0.15) is 0 Å². The second-order valence-electron chi connectivity index (χ2n) is 8.13. The summed E-state index contributed by atoms with van der Waals surface area (Å²) in [6.45, 7) is 2.75. The molecule has 2 aromatic rings. The Labute approximate surface area is 181 Å². The molecule has 0 spiro atoms. The zero-order valence-electron chi connectivity index (χ0n) is 17.4. The zero-order valence-corrected chi connectivity index (χ0v) is 18.2. The number of methoxy groups -OCH3 is 1. The Morgan fingerprint density at radius 2 is 2.03 bits per heavy atom. The number of nitrogens with zero attached hydrogens (tertiary/aromatic N) is 1.